The van der Waals surface area contributed by atoms with Gasteiger partial charge in [0, 0.05) is 10.5 Å². The van der Waals surface area contributed by atoms with Gasteiger partial charge in [-0.25, -0.2) is 0 Å². The van der Waals surface area contributed by atoms with Crippen molar-refractivity contribution in [1.29, 1.82) is 0 Å². The monoisotopic (exact) mass is 341 g/mol. The van der Waals surface area contributed by atoms with Gasteiger partial charge in [0.25, 0.3) is 5.91 Å². The minimum absolute atomic E-state index is 0.0651. The zero-order valence-electron chi connectivity index (χ0n) is 11.9. The lowest BCUT2D eigenvalue weighted by molar-refractivity contribution is 0.0926. The van der Waals surface area contributed by atoms with Crippen molar-refractivity contribution >= 4 is 21.8 Å². The fourth-order valence-electron chi connectivity index (χ4n) is 2.54. The zero-order chi connectivity index (χ0) is 14.5. The molecule has 20 heavy (non-hydrogen) atoms. The normalized spacial score (nSPS) is 15.8. The molecule has 1 aliphatic rings. The van der Waals surface area contributed by atoms with Crippen molar-refractivity contribution in [3.63, 3.8) is 0 Å². The molecule has 1 N–H and O–H groups in total. The molecule has 1 saturated carbocycles. The third kappa shape index (κ3) is 3.45. The Bertz CT molecular complexity index is 484. The van der Waals surface area contributed by atoms with Crippen molar-refractivity contribution < 1.29 is 14.3 Å². The molecule has 1 aromatic rings. The van der Waals surface area contributed by atoms with Crippen molar-refractivity contribution in [2.45, 2.75) is 38.1 Å². The van der Waals surface area contributed by atoms with E-state index in [1.807, 2.05) is 0 Å². The molecule has 0 aliphatic heterocycles. The summed E-state index contributed by atoms with van der Waals surface area (Å²) in [4.78, 5) is 12.4. The lowest BCUT2D eigenvalue weighted by Gasteiger charge is -2.23. The molecular formula is C15H20BrNO3. The molecule has 1 aliphatic carbocycles. The second-order valence-corrected chi connectivity index (χ2v) is 5.85. The predicted molar refractivity (Wildman–Crippen MR) is 81.6 cm³/mol. The maximum absolute atomic E-state index is 12.4. The Kier molecular flexibility index (Phi) is 5.29. The van der Waals surface area contributed by atoms with E-state index in [9.17, 15) is 4.79 Å². The molecule has 0 spiro atoms. The van der Waals surface area contributed by atoms with Crippen LogP contribution in [-0.2, 0) is 0 Å². The van der Waals surface area contributed by atoms with Crippen LogP contribution >= 0.6 is 15.9 Å². The summed E-state index contributed by atoms with van der Waals surface area (Å²) in [5.41, 5.74) is 0.577. The van der Waals surface area contributed by atoms with Gasteiger partial charge in [0.2, 0.25) is 0 Å². The molecule has 0 heterocycles. The number of benzene rings is 1. The number of methoxy groups -OCH3 is 2. The fourth-order valence-corrected chi connectivity index (χ4v) is 3.04. The van der Waals surface area contributed by atoms with Gasteiger partial charge >= 0.3 is 0 Å². The Balaban J connectivity index is 2.16. The van der Waals surface area contributed by atoms with Crippen LogP contribution < -0.4 is 14.8 Å². The van der Waals surface area contributed by atoms with E-state index >= 15 is 0 Å². The average molecular weight is 342 g/mol. The number of nitrogens with one attached hydrogen (secondary N) is 1. The number of amides is 1. The first-order valence-corrected chi connectivity index (χ1v) is 7.67. The van der Waals surface area contributed by atoms with Gasteiger partial charge in [0.15, 0.2) is 11.5 Å². The summed E-state index contributed by atoms with van der Waals surface area (Å²) >= 11 is 3.42. The van der Waals surface area contributed by atoms with Gasteiger partial charge in [-0.1, -0.05) is 19.3 Å². The van der Waals surface area contributed by atoms with E-state index in [1.165, 1.54) is 19.3 Å². The molecule has 4 nitrogen and oxygen atoms in total. The van der Waals surface area contributed by atoms with Crippen molar-refractivity contribution in [2.75, 3.05) is 14.2 Å². The highest BCUT2D eigenvalue weighted by Crippen LogP contribution is 2.33. The van der Waals surface area contributed by atoms with E-state index in [4.69, 9.17) is 9.47 Å². The predicted octanol–water partition coefficient (Wildman–Crippen LogP) is 3.53. The molecule has 5 heteroatoms. The molecule has 2 rings (SSSR count). The lowest BCUT2D eigenvalue weighted by atomic mass is 9.95. The number of hydrogen-bond donors (Lipinski definition) is 1. The number of halogens is 1. The SMILES string of the molecule is COc1cc(Br)c(C(=O)NC2CCCCC2)cc1OC. The molecule has 1 aromatic carbocycles. The van der Waals surface area contributed by atoms with Gasteiger partial charge < -0.3 is 14.8 Å². The third-order valence-corrected chi connectivity index (χ3v) is 4.31. The molecule has 1 amide bonds. The minimum atomic E-state index is -0.0651. The highest BCUT2D eigenvalue weighted by atomic mass is 79.9. The Hall–Kier alpha value is -1.23. The fraction of sp³-hybridized carbons (Fsp3) is 0.533. The van der Waals surface area contributed by atoms with Crippen LogP contribution in [0.1, 0.15) is 42.5 Å². The van der Waals surface area contributed by atoms with Gasteiger partial charge in [0.05, 0.1) is 19.8 Å². The second-order valence-electron chi connectivity index (χ2n) is 5.00. The molecular weight excluding hydrogens is 322 g/mol. The summed E-state index contributed by atoms with van der Waals surface area (Å²) in [6, 6.07) is 3.76. The molecule has 0 aromatic heterocycles. The molecule has 0 atom stereocenters. The van der Waals surface area contributed by atoms with Crippen LogP contribution in [0.3, 0.4) is 0 Å². The number of carbonyl (C=O) groups excluding carboxylic acids is 1. The quantitative estimate of drug-likeness (QED) is 0.911. The van der Waals surface area contributed by atoms with Gasteiger partial charge in [-0.05, 0) is 40.9 Å². The Morgan fingerprint density at radius 1 is 1.15 bits per heavy atom. The molecule has 0 bridgehead atoms. The van der Waals surface area contributed by atoms with E-state index in [0.29, 0.717) is 21.5 Å². The number of hydrogen-bond acceptors (Lipinski definition) is 3. The third-order valence-electron chi connectivity index (χ3n) is 3.66. The van der Waals surface area contributed by atoms with Gasteiger partial charge in [-0.15, -0.1) is 0 Å². The molecule has 0 radical (unpaired) electrons. The second kappa shape index (κ2) is 6.97. The van der Waals surface area contributed by atoms with Crippen LogP contribution in [0.15, 0.2) is 16.6 Å². The van der Waals surface area contributed by atoms with Crippen LogP contribution in [0, 0.1) is 0 Å². The van der Waals surface area contributed by atoms with Crippen LogP contribution in [0.2, 0.25) is 0 Å². The first-order chi connectivity index (χ1) is 9.65. The summed E-state index contributed by atoms with van der Waals surface area (Å²) in [5, 5.41) is 3.10. The molecule has 1 fully saturated rings. The summed E-state index contributed by atoms with van der Waals surface area (Å²) in [6.45, 7) is 0. The van der Waals surface area contributed by atoms with Crippen LogP contribution in [0.25, 0.3) is 0 Å². The standard InChI is InChI=1S/C15H20BrNO3/c1-19-13-8-11(12(16)9-14(13)20-2)15(18)17-10-6-4-3-5-7-10/h8-10H,3-7H2,1-2H3,(H,17,18). The smallest absolute Gasteiger partial charge is 0.252 e. The Morgan fingerprint density at radius 2 is 1.75 bits per heavy atom. The number of rotatable bonds is 4. The van der Waals surface area contributed by atoms with E-state index in [1.54, 1.807) is 26.4 Å². The number of carbonyl (C=O) groups is 1. The van der Waals surface area contributed by atoms with E-state index in [2.05, 4.69) is 21.2 Å². The summed E-state index contributed by atoms with van der Waals surface area (Å²) in [7, 11) is 3.14. The van der Waals surface area contributed by atoms with E-state index in [0.717, 1.165) is 12.8 Å². The first kappa shape index (κ1) is 15.2. The number of ether oxygens (including phenoxy) is 2. The molecule has 0 saturated heterocycles. The van der Waals surface area contributed by atoms with Crippen molar-refractivity contribution in [3.05, 3.63) is 22.2 Å². The van der Waals surface area contributed by atoms with Crippen LogP contribution in [0.4, 0.5) is 0 Å². The van der Waals surface area contributed by atoms with Crippen molar-refractivity contribution in [3.8, 4) is 11.5 Å². The van der Waals surface area contributed by atoms with Crippen LogP contribution in [0.5, 0.6) is 11.5 Å². The van der Waals surface area contributed by atoms with Crippen molar-refractivity contribution in [2.24, 2.45) is 0 Å². The largest absolute Gasteiger partial charge is 0.493 e. The van der Waals surface area contributed by atoms with Gasteiger partial charge in [-0.3, -0.25) is 4.79 Å². The van der Waals surface area contributed by atoms with E-state index < -0.39 is 0 Å². The minimum Gasteiger partial charge on any atom is -0.493 e. The van der Waals surface area contributed by atoms with Crippen molar-refractivity contribution in [1.82, 2.24) is 5.32 Å². The first-order valence-electron chi connectivity index (χ1n) is 6.88. The van der Waals surface area contributed by atoms with Crippen LogP contribution in [-0.4, -0.2) is 26.2 Å². The summed E-state index contributed by atoms with van der Waals surface area (Å²) in [6.07, 6.45) is 5.79. The van der Waals surface area contributed by atoms with E-state index in [-0.39, 0.29) is 11.9 Å². The topological polar surface area (TPSA) is 47.6 Å². The molecule has 110 valence electrons. The highest BCUT2D eigenvalue weighted by molar-refractivity contribution is 9.10. The average Bonchev–Trinajstić information content (AvgIpc) is 2.47. The van der Waals surface area contributed by atoms with Gasteiger partial charge in [0.1, 0.15) is 0 Å². The lowest BCUT2D eigenvalue weighted by Crippen LogP contribution is -2.36. The Labute approximate surface area is 128 Å². The zero-order valence-corrected chi connectivity index (χ0v) is 13.5. The maximum atomic E-state index is 12.4. The maximum Gasteiger partial charge on any atom is 0.252 e. The van der Waals surface area contributed by atoms with Gasteiger partial charge in [-0.2, -0.15) is 0 Å². The molecule has 0 unspecified atom stereocenters. The summed E-state index contributed by atoms with van der Waals surface area (Å²) in [5.74, 6) is 1.10. The summed E-state index contributed by atoms with van der Waals surface area (Å²) < 4.78 is 11.2. The highest BCUT2D eigenvalue weighted by Gasteiger charge is 2.20. The Morgan fingerprint density at radius 3 is 2.35 bits per heavy atom.